The first-order chi connectivity index (χ1) is 10.0. The highest BCUT2D eigenvalue weighted by atomic mass is 16.4. The van der Waals surface area contributed by atoms with Gasteiger partial charge in [-0.05, 0) is 42.7 Å². The van der Waals surface area contributed by atoms with Gasteiger partial charge in [0.25, 0.3) is 0 Å². The van der Waals surface area contributed by atoms with E-state index in [1.807, 2.05) is 0 Å². The zero-order chi connectivity index (χ0) is 15.3. The maximum atomic E-state index is 11.8. The Bertz CT molecular complexity index is 438. The van der Waals surface area contributed by atoms with Gasteiger partial charge in [0.1, 0.15) is 11.9 Å². The molecule has 1 aromatic rings. The van der Waals surface area contributed by atoms with Crippen molar-refractivity contribution in [3.63, 3.8) is 0 Å². The summed E-state index contributed by atoms with van der Waals surface area (Å²) in [6, 6.07) is 3.18. The number of carbonyl (C=O) groups is 1. The number of rotatable bonds is 7. The summed E-state index contributed by atoms with van der Waals surface area (Å²) in [5.74, 6) is 1.11. The maximum Gasteiger partial charge on any atom is 0.314 e. The van der Waals surface area contributed by atoms with Gasteiger partial charge >= 0.3 is 6.03 Å². The summed E-state index contributed by atoms with van der Waals surface area (Å²) in [4.78, 5) is 11.8. The van der Waals surface area contributed by atoms with Crippen molar-refractivity contribution in [1.29, 1.82) is 0 Å². The predicted molar refractivity (Wildman–Crippen MR) is 80.8 cm³/mol. The maximum absolute atomic E-state index is 11.8. The predicted octanol–water partition coefficient (Wildman–Crippen LogP) is 2.83. The number of nitrogens with one attached hydrogen (secondary N) is 2. The van der Waals surface area contributed by atoms with E-state index in [2.05, 4.69) is 24.5 Å². The van der Waals surface area contributed by atoms with Gasteiger partial charge in [0, 0.05) is 6.54 Å². The molecule has 2 rings (SSSR count). The molecule has 118 valence electrons. The molecule has 3 N–H and O–H groups in total. The molecule has 0 radical (unpaired) electrons. The molecule has 1 unspecified atom stereocenters. The van der Waals surface area contributed by atoms with E-state index in [4.69, 9.17) is 4.42 Å². The first kappa shape index (κ1) is 15.9. The molecule has 5 heteroatoms. The number of aliphatic hydroxyl groups is 1. The molecule has 21 heavy (non-hydrogen) atoms. The third kappa shape index (κ3) is 4.49. The minimum Gasteiger partial charge on any atom is -0.467 e. The van der Waals surface area contributed by atoms with Crippen LogP contribution in [-0.2, 0) is 0 Å². The Hall–Kier alpha value is -1.49. The van der Waals surface area contributed by atoms with E-state index in [1.165, 1.54) is 25.5 Å². The molecule has 1 heterocycles. The lowest BCUT2D eigenvalue weighted by Crippen LogP contribution is -2.46. The average Bonchev–Trinajstić information content (AvgIpc) is 2.92. The molecular formula is C16H26N2O3. The largest absolute Gasteiger partial charge is 0.467 e. The zero-order valence-electron chi connectivity index (χ0n) is 12.9. The average molecular weight is 294 g/mol. The number of urea groups is 1. The summed E-state index contributed by atoms with van der Waals surface area (Å²) in [7, 11) is 0. The van der Waals surface area contributed by atoms with Crippen LogP contribution in [0.1, 0.15) is 51.4 Å². The van der Waals surface area contributed by atoms with Crippen LogP contribution >= 0.6 is 0 Å². The zero-order valence-corrected chi connectivity index (χ0v) is 12.9. The summed E-state index contributed by atoms with van der Waals surface area (Å²) in [5.41, 5.74) is 0.283. The van der Waals surface area contributed by atoms with E-state index < -0.39 is 6.10 Å². The molecule has 0 saturated heterocycles. The van der Waals surface area contributed by atoms with Crippen molar-refractivity contribution in [2.24, 2.45) is 11.3 Å². The first-order valence-corrected chi connectivity index (χ1v) is 7.74. The Balaban J connectivity index is 1.70. The summed E-state index contributed by atoms with van der Waals surface area (Å²) in [6.07, 6.45) is 5.50. The van der Waals surface area contributed by atoms with Gasteiger partial charge in [-0.15, -0.1) is 0 Å². The Kier molecular flexibility index (Phi) is 5.28. The van der Waals surface area contributed by atoms with Crippen molar-refractivity contribution in [1.82, 2.24) is 10.6 Å². The Morgan fingerprint density at radius 3 is 2.71 bits per heavy atom. The van der Waals surface area contributed by atoms with Crippen LogP contribution in [0.5, 0.6) is 0 Å². The Morgan fingerprint density at radius 1 is 1.43 bits per heavy atom. The highest BCUT2D eigenvalue weighted by Crippen LogP contribution is 2.45. The second-order valence-corrected chi connectivity index (χ2v) is 6.55. The van der Waals surface area contributed by atoms with Crippen LogP contribution in [0, 0.1) is 11.3 Å². The standard InChI is InChI=1S/C16H26N2O3/c1-12(2)9-16(6-4-7-16)11-18-15(20)17-10-13(19)14-5-3-8-21-14/h3,5,8,12-13,19H,4,6-7,9-11H2,1-2H3,(H2,17,18,20). The molecular weight excluding hydrogens is 268 g/mol. The van der Waals surface area contributed by atoms with Crippen LogP contribution in [0.15, 0.2) is 22.8 Å². The van der Waals surface area contributed by atoms with Crippen molar-refractivity contribution in [3.8, 4) is 0 Å². The van der Waals surface area contributed by atoms with E-state index >= 15 is 0 Å². The first-order valence-electron chi connectivity index (χ1n) is 7.74. The van der Waals surface area contributed by atoms with Crippen LogP contribution in [0.25, 0.3) is 0 Å². The number of hydrogen-bond donors (Lipinski definition) is 3. The van der Waals surface area contributed by atoms with Gasteiger partial charge in [-0.1, -0.05) is 20.3 Å². The van der Waals surface area contributed by atoms with Crippen molar-refractivity contribution in [3.05, 3.63) is 24.2 Å². The Labute approximate surface area is 126 Å². The minimum atomic E-state index is -0.806. The van der Waals surface area contributed by atoms with Crippen molar-refractivity contribution in [2.75, 3.05) is 13.1 Å². The molecule has 1 aliphatic carbocycles. The van der Waals surface area contributed by atoms with Crippen molar-refractivity contribution < 1.29 is 14.3 Å². The fraction of sp³-hybridized carbons (Fsp3) is 0.688. The smallest absolute Gasteiger partial charge is 0.314 e. The van der Waals surface area contributed by atoms with Crippen LogP contribution in [-0.4, -0.2) is 24.2 Å². The topological polar surface area (TPSA) is 74.5 Å². The normalized spacial score (nSPS) is 18.1. The molecule has 1 aromatic heterocycles. The van der Waals surface area contributed by atoms with Gasteiger partial charge in [0.05, 0.1) is 12.8 Å². The van der Waals surface area contributed by atoms with Crippen LogP contribution in [0.4, 0.5) is 4.79 Å². The molecule has 0 aromatic carbocycles. The van der Waals surface area contributed by atoms with Gasteiger partial charge in [0.2, 0.25) is 0 Å². The lowest BCUT2D eigenvalue weighted by atomic mass is 9.64. The third-order valence-electron chi connectivity index (χ3n) is 4.21. The fourth-order valence-electron chi connectivity index (χ4n) is 3.10. The highest BCUT2D eigenvalue weighted by Gasteiger charge is 2.37. The molecule has 1 atom stereocenters. The van der Waals surface area contributed by atoms with E-state index in [9.17, 15) is 9.90 Å². The second kappa shape index (κ2) is 6.98. The van der Waals surface area contributed by atoms with Crippen LogP contribution in [0.3, 0.4) is 0 Å². The van der Waals surface area contributed by atoms with Crippen LogP contribution in [0.2, 0.25) is 0 Å². The van der Waals surface area contributed by atoms with Gasteiger partial charge < -0.3 is 20.2 Å². The quantitative estimate of drug-likeness (QED) is 0.724. The second-order valence-electron chi connectivity index (χ2n) is 6.55. The van der Waals surface area contributed by atoms with E-state index in [1.54, 1.807) is 12.1 Å². The SMILES string of the molecule is CC(C)CC1(CNC(=O)NCC(O)c2ccco2)CCC1. The number of hydrogen-bond acceptors (Lipinski definition) is 3. The van der Waals surface area contributed by atoms with Crippen molar-refractivity contribution >= 4 is 6.03 Å². The highest BCUT2D eigenvalue weighted by molar-refractivity contribution is 5.73. The summed E-state index contributed by atoms with van der Waals surface area (Å²) in [5, 5.41) is 15.5. The van der Waals surface area contributed by atoms with Crippen molar-refractivity contribution in [2.45, 2.75) is 45.6 Å². The molecule has 0 spiro atoms. The van der Waals surface area contributed by atoms with Gasteiger partial charge in [-0.3, -0.25) is 0 Å². The molecule has 5 nitrogen and oxygen atoms in total. The number of amides is 2. The molecule has 1 aliphatic rings. The molecule has 1 saturated carbocycles. The van der Waals surface area contributed by atoms with Gasteiger partial charge in [0.15, 0.2) is 0 Å². The number of aliphatic hydroxyl groups excluding tert-OH is 1. The molecule has 2 amide bonds. The lowest BCUT2D eigenvalue weighted by Gasteiger charge is -2.43. The molecule has 1 fully saturated rings. The monoisotopic (exact) mass is 294 g/mol. The van der Waals surface area contributed by atoms with E-state index in [-0.39, 0.29) is 18.0 Å². The van der Waals surface area contributed by atoms with E-state index in [0.29, 0.717) is 18.2 Å². The summed E-state index contributed by atoms with van der Waals surface area (Å²) < 4.78 is 5.09. The Morgan fingerprint density at radius 2 is 2.19 bits per heavy atom. The number of furan rings is 1. The van der Waals surface area contributed by atoms with Gasteiger partial charge in [-0.2, -0.15) is 0 Å². The summed E-state index contributed by atoms with van der Waals surface area (Å²) >= 11 is 0. The summed E-state index contributed by atoms with van der Waals surface area (Å²) in [6.45, 7) is 5.31. The van der Waals surface area contributed by atoms with Gasteiger partial charge in [-0.25, -0.2) is 4.79 Å². The molecule has 0 aliphatic heterocycles. The number of carbonyl (C=O) groups excluding carboxylic acids is 1. The van der Waals surface area contributed by atoms with Crippen LogP contribution < -0.4 is 10.6 Å². The lowest BCUT2D eigenvalue weighted by molar-refractivity contribution is 0.0998. The minimum absolute atomic E-state index is 0.149. The fourth-order valence-corrected chi connectivity index (χ4v) is 3.10. The third-order valence-corrected chi connectivity index (χ3v) is 4.21. The molecule has 0 bridgehead atoms. The van der Waals surface area contributed by atoms with E-state index in [0.717, 1.165) is 6.42 Å².